The number of fused-ring (bicyclic) bond motifs is 1. The average Bonchev–Trinajstić information content (AvgIpc) is 2.35. The normalized spacial score (nSPS) is 10.8. The summed E-state index contributed by atoms with van der Waals surface area (Å²) in [5, 5.41) is 4.56. The van der Waals surface area contributed by atoms with E-state index in [0.29, 0.717) is 5.88 Å². The maximum atomic E-state index is 5.63. The van der Waals surface area contributed by atoms with E-state index in [0.717, 1.165) is 25.0 Å². The Morgan fingerprint density at radius 2 is 2.06 bits per heavy atom. The van der Waals surface area contributed by atoms with Crippen molar-refractivity contribution in [3.63, 3.8) is 0 Å². The van der Waals surface area contributed by atoms with Crippen molar-refractivity contribution < 1.29 is 0 Å². The molecule has 1 aromatic heterocycles. The van der Waals surface area contributed by atoms with Crippen LogP contribution in [0.25, 0.3) is 10.9 Å². The van der Waals surface area contributed by atoms with Crippen LogP contribution in [0.15, 0.2) is 36.5 Å². The summed E-state index contributed by atoms with van der Waals surface area (Å²) >= 11 is 5.63. The number of nitrogens with zero attached hydrogens (tertiary/aromatic N) is 1. The Morgan fingerprint density at radius 3 is 2.94 bits per heavy atom. The predicted octanol–water partition coefficient (Wildman–Crippen LogP) is 2.95. The molecule has 0 fully saturated rings. The molecule has 0 amide bonds. The molecule has 0 saturated carbocycles. The van der Waals surface area contributed by atoms with Gasteiger partial charge in [-0.2, -0.15) is 0 Å². The van der Waals surface area contributed by atoms with Gasteiger partial charge in [-0.15, -0.1) is 11.6 Å². The first-order valence-corrected chi connectivity index (χ1v) is 6.04. The van der Waals surface area contributed by atoms with Gasteiger partial charge in [-0.3, -0.25) is 4.98 Å². The van der Waals surface area contributed by atoms with Crippen molar-refractivity contribution in [3.8, 4) is 0 Å². The zero-order valence-electron chi connectivity index (χ0n) is 9.12. The Labute approximate surface area is 101 Å². The minimum atomic E-state index is 0.709. The quantitative estimate of drug-likeness (QED) is 0.636. The molecular weight excluding hydrogens is 220 g/mol. The summed E-state index contributed by atoms with van der Waals surface area (Å²) in [4.78, 5) is 4.41. The Morgan fingerprint density at radius 1 is 1.19 bits per heavy atom. The number of halogens is 1. The molecule has 2 nitrogen and oxygen atoms in total. The molecule has 2 rings (SSSR count). The van der Waals surface area contributed by atoms with Gasteiger partial charge in [-0.1, -0.05) is 24.3 Å². The van der Waals surface area contributed by atoms with Crippen LogP contribution in [-0.2, 0) is 6.54 Å². The molecule has 0 bridgehead atoms. The first kappa shape index (κ1) is 11.4. The zero-order valence-corrected chi connectivity index (χ0v) is 9.87. The van der Waals surface area contributed by atoms with E-state index < -0.39 is 0 Å². The summed E-state index contributed by atoms with van der Waals surface area (Å²) in [5.74, 6) is 0.709. The van der Waals surface area contributed by atoms with Crippen LogP contribution < -0.4 is 5.32 Å². The maximum Gasteiger partial charge on any atom is 0.0746 e. The van der Waals surface area contributed by atoms with E-state index in [9.17, 15) is 0 Å². The topological polar surface area (TPSA) is 24.9 Å². The standard InChI is InChI=1S/C13H15ClN2/c14-7-3-8-15-10-12-5-1-4-11-6-2-9-16-13(11)12/h1-2,4-6,9,15H,3,7-8,10H2. The number of hydrogen-bond donors (Lipinski definition) is 1. The Bertz CT molecular complexity index is 451. The largest absolute Gasteiger partial charge is 0.313 e. The van der Waals surface area contributed by atoms with E-state index in [-0.39, 0.29) is 0 Å². The van der Waals surface area contributed by atoms with Crippen LogP contribution in [0.3, 0.4) is 0 Å². The van der Waals surface area contributed by atoms with E-state index in [2.05, 4.69) is 34.6 Å². The lowest BCUT2D eigenvalue weighted by Crippen LogP contribution is -2.15. The molecule has 0 aliphatic carbocycles. The maximum absolute atomic E-state index is 5.63. The van der Waals surface area contributed by atoms with Gasteiger partial charge < -0.3 is 5.32 Å². The van der Waals surface area contributed by atoms with E-state index in [1.165, 1.54) is 10.9 Å². The van der Waals surface area contributed by atoms with Crippen molar-refractivity contribution in [1.82, 2.24) is 10.3 Å². The third-order valence-corrected chi connectivity index (χ3v) is 2.79. The molecule has 0 aliphatic rings. The summed E-state index contributed by atoms with van der Waals surface area (Å²) in [6, 6.07) is 10.3. The van der Waals surface area contributed by atoms with Gasteiger partial charge in [0.25, 0.3) is 0 Å². The lowest BCUT2D eigenvalue weighted by molar-refractivity contribution is 0.679. The van der Waals surface area contributed by atoms with Gasteiger partial charge >= 0.3 is 0 Å². The summed E-state index contributed by atoms with van der Waals surface area (Å²) in [5.41, 5.74) is 2.33. The van der Waals surface area contributed by atoms with Gasteiger partial charge in [0.15, 0.2) is 0 Å². The van der Waals surface area contributed by atoms with Crippen LogP contribution in [0.5, 0.6) is 0 Å². The van der Waals surface area contributed by atoms with E-state index in [1.807, 2.05) is 12.3 Å². The van der Waals surface area contributed by atoms with Crippen LogP contribution in [-0.4, -0.2) is 17.4 Å². The Balaban J connectivity index is 2.11. The molecule has 0 spiro atoms. The lowest BCUT2D eigenvalue weighted by atomic mass is 10.1. The number of nitrogens with one attached hydrogen (secondary N) is 1. The summed E-state index contributed by atoms with van der Waals surface area (Å²) in [6.45, 7) is 1.80. The number of benzene rings is 1. The van der Waals surface area contributed by atoms with Crippen molar-refractivity contribution >= 4 is 22.5 Å². The van der Waals surface area contributed by atoms with Crippen molar-refractivity contribution in [3.05, 3.63) is 42.1 Å². The molecule has 0 atom stereocenters. The van der Waals surface area contributed by atoms with Crippen LogP contribution in [0, 0.1) is 0 Å². The number of aromatic nitrogens is 1. The highest BCUT2D eigenvalue weighted by Crippen LogP contribution is 2.15. The second kappa shape index (κ2) is 5.83. The predicted molar refractivity (Wildman–Crippen MR) is 68.8 cm³/mol. The highest BCUT2D eigenvalue weighted by Gasteiger charge is 2.00. The second-order valence-electron chi connectivity index (χ2n) is 3.71. The zero-order chi connectivity index (χ0) is 11.2. The van der Waals surface area contributed by atoms with Crippen molar-refractivity contribution in [2.24, 2.45) is 0 Å². The van der Waals surface area contributed by atoms with Gasteiger partial charge in [0.05, 0.1) is 5.52 Å². The number of para-hydroxylation sites is 1. The Hall–Kier alpha value is -1.12. The minimum absolute atomic E-state index is 0.709. The monoisotopic (exact) mass is 234 g/mol. The molecule has 0 aliphatic heterocycles. The summed E-state index contributed by atoms with van der Waals surface area (Å²) in [6.07, 6.45) is 2.84. The molecule has 1 heterocycles. The number of rotatable bonds is 5. The van der Waals surface area contributed by atoms with Crippen molar-refractivity contribution in [2.75, 3.05) is 12.4 Å². The van der Waals surface area contributed by atoms with Gasteiger partial charge in [0, 0.05) is 24.0 Å². The van der Waals surface area contributed by atoms with Gasteiger partial charge in [0.2, 0.25) is 0 Å². The highest BCUT2D eigenvalue weighted by molar-refractivity contribution is 6.17. The van der Waals surface area contributed by atoms with Crippen molar-refractivity contribution in [2.45, 2.75) is 13.0 Å². The molecule has 0 radical (unpaired) electrons. The average molecular weight is 235 g/mol. The van der Waals surface area contributed by atoms with E-state index >= 15 is 0 Å². The smallest absolute Gasteiger partial charge is 0.0746 e. The molecular formula is C13H15ClN2. The first-order valence-electron chi connectivity index (χ1n) is 5.51. The fourth-order valence-corrected chi connectivity index (χ4v) is 1.86. The lowest BCUT2D eigenvalue weighted by Gasteiger charge is -2.06. The molecule has 2 aromatic rings. The van der Waals surface area contributed by atoms with E-state index in [1.54, 1.807) is 0 Å². The molecule has 16 heavy (non-hydrogen) atoms. The number of pyridine rings is 1. The molecule has 84 valence electrons. The van der Waals surface area contributed by atoms with Gasteiger partial charge in [-0.25, -0.2) is 0 Å². The fourth-order valence-electron chi connectivity index (χ4n) is 1.72. The highest BCUT2D eigenvalue weighted by atomic mass is 35.5. The van der Waals surface area contributed by atoms with Gasteiger partial charge in [0.1, 0.15) is 0 Å². The number of alkyl halides is 1. The van der Waals surface area contributed by atoms with Gasteiger partial charge in [-0.05, 0) is 24.6 Å². The number of hydrogen-bond acceptors (Lipinski definition) is 2. The second-order valence-corrected chi connectivity index (χ2v) is 4.09. The van der Waals surface area contributed by atoms with Crippen molar-refractivity contribution in [1.29, 1.82) is 0 Å². The SMILES string of the molecule is ClCCCNCc1cccc2cccnc12. The van der Waals surface area contributed by atoms with Crippen LogP contribution in [0.2, 0.25) is 0 Å². The minimum Gasteiger partial charge on any atom is -0.313 e. The molecule has 3 heteroatoms. The van der Waals surface area contributed by atoms with Crippen LogP contribution in [0.4, 0.5) is 0 Å². The third kappa shape index (κ3) is 2.71. The molecule has 0 unspecified atom stereocenters. The van der Waals surface area contributed by atoms with Crippen LogP contribution >= 0.6 is 11.6 Å². The fraction of sp³-hybridized carbons (Fsp3) is 0.308. The molecule has 1 aromatic carbocycles. The molecule has 0 saturated heterocycles. The Kier molecular flexibility index (Phi) is 4.14. The molecule has 1 N–H and O–H groups in total. The first-order chi connectivity index (χ1) is 7.92. The summed E-state index contributed by atoms with van der Waals surface area (Å²) < 4.78 is 0. The van der Waals surface area contributed by atoms with Crippen LogP contribution in [0.1, 0.15) is 12.0 Å². The third-order valence-electron chi connectivity index (χ3n) is 2.52. The van der Waals surface area contributed by atoms with E-state index in [4.69, 9.17) is 11.6 Å². The summed E-state index contributed by atoms with van der Waals surface area (Å²) in [7, 11) is 0.